The number of nitrogens with zero attached hydrogens (tertiary/aromatic N) is 1. The predicted octanol–water partition coefficient (Wildman–Crippen LogP) is 2.17. The third-order valence-corrected chi connectivity index (χ3v) is 2.28. The van der Waals surface area contributed by atoms with E-state index in [-0.39, 0.29) is 0 Å². The third-order valence-electron chi connectivity index (χ3n) is 2.03. The molecule has 1 aliphatic heterocycles. The van der Waals surface area contributed by atoms with Crippen LogP contribution in [0.4, 0.5) is 0 Å². The van der Waals surface area contributed by atoms with Gasteiger partial charge in [-0.3, -0.25) is 0 Å². The molecule has 0 fully saturated rings. The molecular formula is C10H10ClNO2. The minimum Gasteiger partial charge on any atom is -0.360 e. The molecule has 1 aromatic carbocycles. The molecule has 2 rings (SSSR count). The van der Waals surface area contributed by atoms with Crippen molar-refractivity contribution in [3.05, 3.63) is 34.9 Å². The summed E-state index contributed by atoms with van der Waals surface area (Å²) in [6, 6.07) is 7.27. The van der Waals surface area contributed by atoms with Gasteiger partial charge in [-0.1, -0.05) is 28.9 Å². The summed E-state index contributed by atoms with van der Waals surface area (Å²) < 4.78 is 0. The second-order valence-corrected chi connectivity index (χ2v) is 3.92. The van der Waals surface area contributed by atoms with Crippen LogP contribution < -0.4 is 0 Å². The summed E-state index contributed by atoms with van der Waals surface area (Å²) >= 11 is 5.75. The van der Waals surface area contributed by atoms with E-state index >= 15 is 0 Å². The molecule has 0 bridgehead atoms. The van der Waals surface area contributed by atoms with Crippen LogP contribution in [0.3, 0.4) is 0 Å². The van der Waals surface area contributed by atoms with Crippen LogP contribution in [0.2, 0.25) is 5.02 Å². The normalized spacial score (nSPS) is 25.8. The minimum atomic E-state index is -1.17. The Morgan fingerprint density at radius 3 is 2.57 bits per heavy atom. The van der Waals surface area contributed by atoms with E-state index in [0.29, 0.717) is 11.4 Å². The Bertz CT molecular complexity index is 370. The summed E-state index contributed by atoms with van der Waals surface area (Å²) in [7, 11) is 0. The second-order valence-electron chi connectivity index (χ2n) is 3.49. The zero-order chi connectivity index (χ0) is 10.2. The van der Waals surface area contributed by atoms with Gasteiger partial charge in [-0.05, 0) is 17.7 Å². The lowest BCUT2D eigenvalue weighted by Crippen LogP contribution is -2.23. The summed E-state index contributed by atoms with van der Waals surface area (Å²) in [6.45, 7) is 1.58. The number of benzene rings is 1. The van der Waals surface area contributed by atoms with Gasteiger partial charge in [0, 0.05) is 11.9 Å². The molecule has 1 aliphatic rings. The van der Waals surface area contributed by atoms with E-state index in [0.717, 1.165) is 11.3 Å². The molecule has 0 saturated carbocycles. The fourth-order valence-electron chi connectivity index (χ4n) is 1.33. The zero-order valence-corrected chi connectivity index (χ0v) is 8.45. The summed E-state index contributed by atoms with van der Waals surface area (Å²) in [5.41, 5.74) is 1.67. The molecule has 0 aromatic heterocycles. The molecule has 3 nitrogen and oxygen atoms in total. The largest absolute Gasteiger partial charge is 0.360 e. The van der Waals surface area contributed by atoms with Gasteiger partial charge in [-0.2, -0.15) is 0 Å². The molecule has 0 radical (unpaired) electrons. The van der Waals surface area contributed by atoms with Gasteiger partial charge in [0.15, 0.2) is 0 Å². The summed E-state index contributed by atoms with van der Waals surface area (Å²) in [5, 5.41) is 14.0. The molecule has 1 N–H and O–H groups in total. The van der Waals surface area contributed by atoms with Gasteiger partial charge in [0.1, 0.15) is 0 Å². The van der Waals surface area contributed by atoms with Crippen LogP contribution in [0, 0.1) is 0 Å². The molecule has 74 valence electrons. The molecule has 0 spiro atoms. The lowest BCUT2D eigenvalue weighted by atomic mass is 10.0. The first-order valence-electron chi connectivity index (χ1n) is 4.30. The number of rotatable bonds is 1. The van der Waals surface area contributed by atoms with E-state index < -0.39 is 5.79 Å². The van der Waals surface area contributed by atoms with E-state index in [1.807, 2.05) is 12.1 Å². The van der Waals surface area contributed by atoms with Gasteiger partial charge in [0.2, 0.25) is 5.79 Å². The van der Waals surface area contributed by atoms with Crippen molar-refractivity contribution in [1.82, 2.24) is 0 Å². The van der Waals surface area contributed by atoms with Crippen molar-refractivity contribution in [2.75, 3.05) is 0 Å². The summed E-state index contributed by atoms with van der Waals surface area (Å²) in [5.74, 6) is -1.17. The number of hydrogen-bond acceptors (Lipinski definition) is 3. The van der Waals surface area contributed by atoms with Crippen molar-refractivity contribution in [2.24, 2.45) is 5.16 Å². The van der Waals surface area contributed by atoms with E-state index in [2.05, 4.69) is 5.16 Å². The summed E-state index contributed by atoms with van der Waals surface area (Å²) in [6.07, 6.45) is 0.397. The van der Waals surface area contributed by atoms with Crippen molar-refractivity contribution < 1.29 is 9.94 Å². The highest BCUT2D eigenvalue weighted by molar-refractivity contribution is 6.30. The Labute approximate surface area is 86.9 Å². The smallest absolute Gasteiger partial charge is 0.237 e. The Kier molecular flexibility index (Phi) is 2.21. The van der Waals surface area contributed by atoms with Gasteiger partial charge in [-0.25, -0.2) is 0 Å². The lowest BCUT2D eigenvalue weighted by Gasteiger charge is -2.11. The lowest BCUT2D eigenvalue weighted by molar-refractivity contribution is -0.170. The second kappa shape index (κ2) is 3.26. The molecule has 1 aromatic rings. The maximum absolute atomic E-state index is 9.52. The summed E-state index contributed by atoms with van der Waals surface area (Å²) in [4.78, 5) is 4.85. The number of oxime groups is 1. The van der Waals surface area contributed by atoms with Crippen molar-refractivity contribution in [3.8, 4) is 0 Å². The Morgan fingerprint density at radius 1 is 1.43 bits per heavy atom. The third kappa shape index (κ3) is 1.89. The SMILES string of the molecule is CC1(O)CC(c2ccc(Cl)cc2)=NO1. The van der Waals surface area contributed by atoms with E-state index in [4.69, 9.17) is 16.4 Å². The Morgan fingerprint density at radius 2 is 2.07 bits per heavy atom. The van der Waals surface area contributed by atoms with Gasteiger partial charge in [0.25, 0.3) is 0 Å². The van der Waals surface area contributed by atoms with Gasteiger partial charge in [-0.15, -0.1) is 0 Å². The van der Waals surface area contributed by atoms with E-state index in [1.165, 1.54) is 0 Å². The molecule has 1 atom stereocenters. The highest BCUT2D eigenvalue weighted by Crippen LogP contribution is 2.24. The standard InChI is InChI=1S/C10H10ClNO2/c1-10(13)6-9(12-14-10)7-2-4-8(11)5-3-7/h2-5,13H,6H2,1H3. The highest BCUT2D eigenvalue weighted by Gasteiger charge is 2.31. The van der Waals surface area contributed by atoms with Crippen LogP contribution in [-0.2, 0) is 4.84 Å². The van der Waals surface area contributed by atoms with Crippen LogP contribution in [0.25, 0.3) is 0 Å². The van der Waals surface area contributed by atoms with Crippen LogP contribution in [0.1, 0.15) is 18.9 Å². The van der Waals surface area contributed by atoms with E-state index in [1.54, 1.807) is 19.1 Å². The maximum Gasteiger partial charge on any atom is 0.237 e. The molecule has 14 heavy (non-hydrogen) atoms. The Balaban J connectivity index is 2.22. The topological polar surface area (TPSA) is 41.8 Å². The first-order valence-corrected chi connectivity index (χ1v) is 4.68. The van der Waals surface area contributed by atoms with Crippen molar-refractivity contribution in [1.29, 1.82) is 0 Å². The van der Waals surface area contributed by atoms with Crippen LogP contribution in [-0.4, -0.2) is 16.6 Å². The molecule has 1 unspecified atom stereocenters. The number of aliphatic hydroxyl groups is 1. The quantitative estimate of drug-likeness (QED) is 0.774. The number of halogens is 1. The fraction of sp³-hybridized carbons (Fsp3) is 0.300. The first kappa shape index (κ1) is 9.49. The van der Waals surface area contributed by atoms with Crippen LogP contribution >= 0.6 is 11.6 Å². The Hall–Kier alpha value is -1.06. The van der Waals surface area contributed by atoms with Crippen molar-refractivity contribution in [2.45, 2.75) is 19.1 Å². The average molecular weight is 212 g/mol. The molecule has 0 amide bonds. The molecule has 0 saturated heterocycles. The van der Waals surface area contributed by atoms with Crippen LogP contribution in [0.5, 0.6) is 0 Å². The van der Waals surface area contributed by atoms with Gasteiger partial charge in [0.05, 0.1) is 12.1 Å². The minimum absolute atomic E-state index is 0.397. The average Bonchev–Trinajstić information content (AvgIpc) is 2.47. The predicted molar refractivity (Wildman–Crippen MR) is 54.3 cm³/mol. The number of hydrogen-bond donors (Lipinski definition) is 1. The maximum atomic E-state index is 9.52. The molecule has 1 heterocycles. The monoisotopic (exact) mass is 211 g/mol. The van der Waals surface area contributed by atoms with Crippen LogP contribution in [0.15, 0.2) is 29.4 Å². The first-order chi connectivity index (χ1) is 6.57. The molecular weight excluding hydrogens is 202 g/mol. The van der Waals surface area contributed by atoms with Gasteiger partial charge < -0.3 is 9.94 Å². The highest BCUT2D eigenvalue weighted by atomic mass is 35.5. The van der Waals surface area contributed by atoms with Gasteiger partial charge >= 0.3 is 0 Å². The van der Waals surface area contributed by atoms with Crippen molar-refractivity contribution >= 4 is 17.3 Å². The molecule has 4 heteroatoms. The zero-order valence-electron chi connectivity index (χ0n) is 7.70. The van der Waals surface area contributed by atoms with Crippen molar-refractivity contribution in [3.63, 3.8) is 0 Å². The van der Waals surface area contributed by atoms with E-state index in [9.17, 15) is 5.11 Å². The molecule has 0 aliphatic carbocycles. The fourth-order valence-corrected chi connectivity index (χ4v) is 1.45.